The Morgan fingerprint density at radius 1 is 1.50 bits per heavy atom. The van der Waals surface area contributed by atoms with Gasteiger partial charge in [-0.1, -0.05) is 0 Å². The molecule has 4 nitrogen and oxygen atoms in total. The van der Waals surface area contributed by atoms with E-state index in [1.165, 1.54) is 17.8 Å². The average Bonchev–Trinajstić information content (AvgIpc) is 2.22. The molecule has 0 saturated carbocycles. The summed E-state index contributed by atoms with van der Waals surface area (Å²) in [5.74, 6) is -0.172. The molecule has 0 aliphatic heterocycles. The first kappa shape index (κ1) is 13.3. The lowest BCUT2D eigenvalue weighted by atomic mass is 10.3. The fourth-order valence-electron chi connectivity index (χ4n) is 1.08. The minimum absolute atomic E-state index is 0.214. The number of thioether (sulfide) groups is 1. The van der Waals surface area contributed by atoms with Crippen molar-refractivity contribution in [2.24, 2.45) is 0 Å². The number of halogens is 1. The Balaban J connectivity index is 2.93. The summed E-state index contributed by atoms with van der Waals surface area (Å²) in [5, 5.41) is 0. The number of nitrogen functional groups attached to an aromatic ring is 1. The van der Waals surface area contributed by atoms with E-state index in [9.17, 15) is 12.8 Å². The maximum absolute atomic E-state index is 13.3. The predicted molar refractivity (Wildman–Crippen MR) is 64.4 cm³/mol. The van der Waals surface area contributed by atoms with Crippen LogP contribution in [0.1, 0.15) is 0 Å². The molecule has 1 rings (SSSR count). The minimum Gasteiger partial charge on any atom is -0.399 e. The van der Waals surface area contributed by atoms with Gasteiger partial charge in [0.25, 0.3) is 0 Å². The Bertz CT molecular complexity index is 463. The van der Waals surface area contributed by atoms with Crippen molar-refractivity contribution in [2.45, 2.75) is 4.90 Å². The first-order chi connectivity index (χ1) is 7.47. The van der Waals surface area contributed by atoms with Gasteiger partial charge in [0.2, 0.25) is 10.0 Å². The van der Waals surface area contributed by atoms with Crippen LogP contribution in [0.2, 0.25) is 0 Å². The van der Waals surface area contributed by atoms with Crippen LogP contribution in [0, 0.1) is 5.82 Å². The van der Waals surface area contributed by atoms with Gasteiger partial charge in [-0.25, -0.2) is 17.5 Å². The second kappa shape index (κ2) is 5.51. The highest BCUT2D eigenvalue weighted by atomic mass is 32.2. The van der Waals surface area contributed by atoms with Crippen molar-refractivity contribution in [1.82, 2.24) is 4.72 Å². The third kappa shape index (κ3) is 3.36. The third-order valence-electron chi connectivity index (χ3n) is 1.84. The highest BCUT2D eigenvalue weighted by molar-refractivity contribution is 7.98. The molecule has 0 heterocycles. The van der Waals surface area contributed by atoms with Gasteiger partial charge in [0.1, 0.15) is 10.7 Å². The summed E-state index contributed by atoms with van der Waals surface area (Å²) >= 11 is 1.50. The van der Waals surface area contributed by atoms with Gasteiger partial charge in [0, 0.05) is 18.0 Å². The van der Waals surface area contributed by atoms with Gasteiger partial charge in [-0.05, 0) is 24.5 Å². The smallest absolute Gasteiger partial charge is 0.243 e. The molecule has 0 radical (unpaired) electrons. The van der Waals surface area contributed by atoms with E-state index in [4.69, 9.17) is 5.73 Å². The van der Waals surface area contributed by atoms with E-state index in [1.54, 1.807) is 0 Å². The van der Waals surface area contributed by atoms with Gasteiger partial charge < -0.3 is 5.73 Å². The summed E-state index contributed by atoms with van der Waals surface area (Å²) in [7, 11) is -3.80. The maximum Gasteiger partial charge on any atom is 0.243 e. The average molecular weight is 264 g/mol. The Morgan fingerprint density at radius 2 is 2.19 bits per heavy atom. The van der Waals surface area contributed by atoms with Crippen LogP contribution in [-0.2, 0) is 10.0 Å². The van der Waals surface area contributed by atoms with Crippen LogP contribution in [0.3, 0.4) is 0 Å². The lowest BCUT2D eigenvalue weighted by molar-refractivity contribution is 0.559. The molecule has 0 aromatic heterocycles. The molecule has 0 unspecified atom stereocenters. The van der Waals surface area contributed by atoms with Gasteiger partial charge >= 0.3 is 0 Å². The molecule has 7 heteroatoms. The van der Waals surface area contributed by atoms with Crippen molar-refractivity contribution >= 4 is 27.5 Å². The summed E-state index contributed by atoms with van der Waals surface area (Å²) in [6, 6.07) is 3.46. The molecule has 3 N–H and O–H groups in total. The normalized spacial score (nSPS) is 11.6. The molecule has 1 aromatic rings. The van der Waals surface area contributed by atoms with Crippen molar-refractivity contribution in [3.05, 3.63) is 24.0 Å². The lowest BCUT2D eigenvalue weighted by Gasteiger charge is -2.07. The van der Waals surface area contributed by atoms with Crippen molar-refractivity contribution < 1.29 is 12.8 Å². The number of benzene rings is 1. The fraction of sp³-hybridized carbons (Fsp3) is 0.333. The second-order valence-electron chi connectivity index (χ2n) is 3.08. The maximum atomic E-state index is 13.3. The number of sulfonamides is 1. The van der Waals surface area contributed by atoms with Gasteiger partial charge in [-0.15, -0.1) is 0 Å². The summed E-state index contributed by atoms with van der Waals surface area (Å²) in [6.07, 6.45) is 1.86. The van der Waals surface area contributed by atoms with E-state index in [2.05, 4.69) is 4.72 Å². The largest absolute Gasteiger partial charge is 0.399 e. The molecule has 16 heavy (non-hydrogen) atoms. The molecular formula is C9H13FN2O2S2. The summed E-state index contributed by atoms with van der Waals surface area (Å²) < 4.78 is 38.9. The number of rotatable bonds is 5. The molecule has 0 bridgehead atoms. The van der Waals surface area contributed by atoms with E-state index in [1.807, 2.05) is 6.26 Å². The van der Waals surface area contributed by atoms with Crippen LogP contribution < -0.4 is 10.5 Å². The highest BCUT2D eigenvalue weighted by Crippen LogP contribution is 2.17. The Kier molecular flexibility index (Phi) is 4.57. The number of anilines is 1. The Labute approximate surface area is 98.5 Å². The molecule has 0 amide bonds. The van der Waals surface area contributed by atoms with Crippen LogP contribution in [0.4, 0.5) is 10.1 Å². The van der Waals surface area contributed by atoms with Crippen LogP contribution in [0.15, 0.2) is 23.1 Å². The summed E-state index contributed by atoms with van der Waals surface area (Å²) in [6.45, 7) is 0.262. The molecule has 90 valence electrons. The summed E-state index contributed by atoms with van der Waals surface area (Å²) in [4.78, 5) is -0.409. The van der Waals surface area contributed by atoms with Gasteiger partial charge in [0.15, 0.2) is 0 Å². The molecule has 0 aliphatic carbocycles. The van der Waals surface area contributed by atoms with Crippen molar-refractivity contribution in [1.29, 1.82) is 0 Å². The molecule has 0 fully saturated rings. The van der Waals surface area contributed by atoms with Crippen molar-refractivity contribution in [3.63, 3.8) is 0 Å². The fourth-order valence-corrected chi connectivity index (χ4v) is 2.66. The monoisotopic (exact) mass is 264 g/mol. The zero-order valence-corrected chi connectivity index (χ0v) is 10.4. The molecule has 0 aliphatic rings. The van der Waals surface area contributed by atoms with E-state index in [-0.39, 0.29) is 12.2 Å². The highest BCUT2D eigenvalue weighted by Gasteiger charge is 2.18. The predicted octanol–water partition coefficient (Wildman–Crippen LogP) is 1.05. The van der Waals surface area contributed by atoms with Crippen molar-refractivity contribution in [3.8, 4) is 0 Å². The first-order valence-electron chi connectivity index (χ1n) is 4.51. The number of nitrogens with one attached hydrogen (secondary N) is 1. The molecule has 0 atom stereocenters. The molecule has 0 spiro atoms. The van der Waals surface area contributed by atoms with Crippen LogP contribution in [0.25, 0.3) is 0 Å². The Hall–Kier alpha value is -0.790. The second-order valence-corrected chi connectivity index (χ2v) is 5.80. The minimum atomic E-state index is -3.80. The molecule has 1 aromatic carbocycles. The third-order valence-corrected chi connectivity index (χ3v) is 3.93. The number of nitrogens with two attached hydrogens (primary N) is 1. The van der Waals surface area contributed by atoms with Crippen molar-refractivity contribution in [2.75, 3.05) is 24.3 Å². The quantitative estimate of drug-likeness (QED) is 0.616. The van der Waals surface area contributed by atoms with Gasteiger partial charge in [-0.2, -0.15) is 11.8 Å². The Morgan fingerprint density at radius 3 is 2.81 bits per heavy atom. The zero-order valence-electron chi connectivity index (χ0n) is 8.73. The number of hydrogen-bond acceptors (Lipinski definition) is 4. The zero-order chi connectivity index (χ0) is 12.2. The van der Waals surface area contributed by atoms with Crippen LogP contribution >= 0.6 is 11.8 Å². The summed E-state index contributed by atoms with van der Waals surface area (Å²) in [5.41, 5.74) is 5.63. The van der Waals surface area contributed by atoms with E-state index >= 15 is 0 Å². The SMILES string of the molecule is CSCCNS(=O)(=O)c1cc(N)ccc1F. The van der Waals surface area contributed by atoms with Gasteiger partial charge in [0.05, 0.1) is 0 Å². The molecular weight excluding hydrogens is 251 g/mol. The standard InChI is InChI=1S/C9H13FN2O2S2/c1-15-5-4-12-16(13,14)9-6-7(11)2-3-8(9)10/h2-3,6,12H,4-5,11H2,1H3. The van der Waals surface area contributed by atoms with E-state index in [0.717, 1.165) is 12.1 Å². The van der Waals surface area contributed by atoms with Crippen LogP contribution in [0.5, 0.6) is 0 Å². The van der Waals surface area contributed by atoms with E-state index in [0.29, 0.717) is 5.75 Å². The number of hydrogen-bond donors (Lipinski definition) is 2. The lowest BCUT2D eigenvalue weighted by Crippen LogP contribution is -2.26. The first-order valence-corrected chi connectivity index (χ1v) is 7.38. The topological polar surface area (TPSA) is 72.2 Å². The van der Waals surface area contributed by atoms with E-state index < -0.39 is 20.7 Å². The van der Waals surface area contributed by atoms with Gasteiger partial charge in [-0.3, -0.25) is 0 Å². The molecule has 0 saturated heterocycles. The van der Waals surface area contributed by atoms with Crippen LogP contribution in [-0.4, -0.2) is 27.0 Å².